The Bertz CT molecular complexity index is 512. The predicted molar refractivity (Wildman–Crippen MR) is 75.7 cm³/mol. The van der Waals surface area contributed by atoms with E-state index in [9.17, 15) is 0 Å². The molecular formula is C15H18N2O2. The highest BCUT2D eigenvalue weighted by atomic mass is 16.5. The standard InChI is InChI=1S/C15H18N2O2/c1-3-16-15-8-7-12(10-17-15)11-19-14-6-4-5-13(9-14)18-2/h4-10H,3,11H2,1-2H3,(H,16,17). The number of nitrogens with one attached hydrogen (secondary N) is 1. The lowest BCUT2D eigenvalue weighted by molar-refractivity contribution is 0.303. The Kier molecular flexibility index (Phi) is 4.61. The summed E-state index contributed by atoms with van der Waals surface area (Å²) < 4.78 is 10.8. The molecule has 0 aliphatic carbocycles. The smallest absolute Gasteiger partial charge is 0.125 e. The van der Waals surface area contributed by atoms with E-state index in [1.54, 1.807) is 7.11 Å². The molecule has 0 spiro atoms. The summed E-state index contributed by atoms with van der Waals surface area (Å²) in [7, 11) is 1.64. The lowest BCUT2D eigenvalue weighted by Crippen LogP contribution is -2.01. The molecule has 1 aromatic heterocycles. The summed E-state index contributed by atoms with van der Waals surface area (Å²) in [4.78, 5) is 4.30. The van der Waals surface area contributed by atoms with Crippen LogP contribution >= 0.6 is 0 Å². The number of ether oxygens (including phenoxy) is 2. The number of anilines is 1. The normalized spacial score (nSPS) is 10.0. The molecule has 0 saturated heterocycles. The van der Waals surface area contributed by atoms with Gasteiger partial charge < -0.3 is 14.8 Å². The van der Waals surface area contributed by atoms with Gasteiger partial charge in [0.05, 0.1) is 7.11 Å². The molecule has 4 nitrogen and oxygen atoms in total. The highest BCUT2D eigenvalue weighted by Crippen LogP contribution is 2.19. The fourth-order valence-electron chi connectivity index (χ4n) is 1.65. The van der Waals surface area contributed by atoms with Crippen molar-refractivity contribution in [1.82, 2.24) is 4.98 Å². The maximum atomic E-state index is 5.69. The van der Waals surface area contributed by atoms with Crippen molar-refractivity contribution in [1.29, 1.82) is 0 Å². The molecule has 100 valence electrons. The van der Waals surface area contributed by atoms with Crippen molar-refractivity contribution in [3.8, 4) is 11.5 Å². The van der Waals surface area contributed by atoms with E-state index < -0.39 is 0 Å². The second-order valence-electron chi connectivity index (χ2n) is 4.05. The monoisotopic (exact) mass is 258 g/mol. The number of pyridine rings is 1. The summed E-state index contributed by atoms with van der Waals surface area (Å²) in [5.41, 5.74) is 1.03. The number of methoxy groups -OCH3 is 1. The minimum absolute atomic E-state index is 0.493. The van der Waals surface area contributed by atoms with Crippen molar-refractivity contribution >= 4 is 5.82 Å². The summed E-state index contributed by atoms with van der Waals surface area (Å²) in [6.07, 6.45) is 1.82. The van der Waals surface area contributed by atoms with Gasteiger partial charge in [-0.1, -0.05) is 12.1 Å². The zero-order chi connectivity index (χ0) is 13.5. The van der Waals surface area contributed by atoms with Crippen molar-refractivity contribution in [3.63, 3.8) is 0 Å². The van der Waals surface area contributed by atoms with Gasteiger partial charge in [0, 0.05) is 24.4 Å². The fraction of sp³-hybridized carbons (Fsp3) is 0.267. The van der Waals surface area contributed by atoms with Gasteiger partial charge in [-0.3, -0.25) is 0 Å². The van der Waals surface area contributed by atoms with Crippen molar-refractivity contribution in [2.75, 3.05) is 19.0 Å². The Morgan fingerprint density at radius 3 is 2.68 bits per heavy atom. The average molecular weight is 258 g/mol. The summed E-state index contributed by atoms with van der Waals surface area (Å²) in [5.74, 6) is 2.46. The van der Waals surface area contributed by atoms with E-state index in [0.717, 1.165) is 29.4 Å². The van der Waals surface area contributed by atoms with Crippen LogP contribution in [0.15, 0.2) is 42.6 Å². The number of hydrogen-bond acceptors (Lipinski definition) is 4. The minimum atomic E-state index is 0.493. The fourth-order valence-corrected chi connectivity index (χ4v) is 1.65. The summed E-state index contributed by atoms with van der Waals surface area (Å²) in [5, 5.41) is 3.16. The third kappa shape index (κ3) is 3.88. The second-order valence-corrected chi connectivity index (χ2v) is 4.05. The molecule has 1 aromatic carbocycles. The Hall–Kier alpha value is -2.23. The minimum Gasteiger partial charge on any atom is -0.497 e. The Balaban J connectivity index is 1.94. The van der Waals surface area contributed by atoms with Crippen LogP contribution in [-0.4, -0.2) is 18.6 Å². The number of aromatic nitrogens is 1. The van der Waals surface area contributed by atoms with Crippen LogP contribution in [0.3, 0.4) is 0 Å². The van der Waals surface area contributed by atoms with Crippen molar-refractivity contribution in [3.05, 3.63) is 48.2 Å². The zero-order valence-electron chi connectivity index (χ0n) is 11.2. The molecule has 0 fully saturated rings. The van der Waals surface area contributed by atoms with Gasteiger partial charge in [0.25, 0.3) is 0 Å². The molecule has 4 heteroatoms. The van der Waals surface area contributed by atoms with Crippen molar-refractivity contribution < 1.29 is 9.47 Å². The third-order valence-corrected chi connectivity index (χ3v) is 2.63. The maximum absolute atomic E-state index is 5.69. The van der Waals surface area contributed by atoms with Crippen LogP contribution in [0, 0.1) is 0 Å². The first-order chi connectivity index (χ1) is 9.31. The number of hydrogen-bond donors (Lipinski definition) is 1. The van der Waals surface area contributed by atoms with E-state index in [1.165, 1.54) is 0 Å². The molecule has 0 amide bonds. The molecule has 1 N–H and O–H groups in total. The lowest BCUT2D eigenvalue weighted by Gasteiger charge is -2.08. The van der Waals surface area contributed by atoms with E-state index in [2.05, 4.69) is 10.3 Å². The van der Waals surface area contributed by atoms with Crippen LogP contribution in [0.4, 0.5) is 5.82 Å². The predicted octanol–water partition coefficient (Wildman–Crippen LogP) is 3.10. The number of rotatable bonds is 6. The van der Waals surface area contributed by atoms with E-state index in [1.807, 2.05) is 49.5 Å². The molecule has 0 unspecified atom stereocenters. The molecule has 0 aliphatic heterocycles. The molecule has 2 rings (SSSR count). The molecule has 19 heavy (non-hydrogen) atoms. The maximum Gasteiger partial charge on any atom is 0.125 e. The Morgan fingerprint density at radius 1 is 1.16 bits per heavy atom. The van der Waals surface area contributed by atoms with Crippen LogP contribution < -0.4 is 14.8 Å². The molecule has 0 atom stereocenters. The number of benzene rings is 1. The first-order valence-corrected chi connectivity index (χ1v) is 6.27. The van der Waals surface area contributed by atoms with Gasteiger partial charge in [0.2, 0.25) is 0 Å². The van der Waals surface area contributed by atoms with Crippen LogP contribution in [-0.2, 0) is 6.61 Å². The quantitative estimate of drug-likeness (QED) is 0.864. The molecule has 0 aliphatic rings. The Labute approximate surface area is 113 Å². The number of nitrogens with zero attached hydrogens (tertiary/aromatic N) is 1. The SMILES string of the molecule is CCNc1ccc(COc2cccc(OC)c2)cn1. The van der Waals surface area contributed by atoms with Crippen molar-refractivity contribution in [2.24, 2.45) is 0 Å². The van der Waals surface area contributed by atoms with Crippen LogP contribution in [0.25, 0.3) is 0 Å². The van der Waals surface area contributed by atoms with E-state index >= 15 is 0 Å². The highest BCUT2D eigenvalue weighted by molar-refractivity contribution is 5.36. The van der Waals surface area contributed by atoms with E-state index in [0.29, 0.717) is 6.61 Å². The van der Waals surface area contributed by atoms with Gasteiger partial charge in [-0.05, 0) is 25.1 Å². The summed E-state index contributed by atoms with van der Waals surface area (Å²) in [6.45, 7) is 3.40. The molecular weight excluding hydrogens is 240 g/mol. The average Bonchev–Trinajstić information content (AvgIpc) is 2.47. The van der Waals surface area contributed by atoms with Gasteiger partial charge >= 0.3 is 0 Å². The van der Waals surface area contributed by atoms with Gasteiger partial charge in [0.1, 0.15) is 23.9 Å². The highest BCUT2D eigenvalue weighted by Gasteiger charge is 1.99. The lowest BCUT2D eigenvalue weighted by atomic mass is 10.3. The molecule has 0 saturated carbocycles. The van der Waals surface area contributed by atoms with Gasteiger partial charge in [-0.2, -0.15) is 0 Å². The summed E-state index contributed by atoms with van der Waals surface area (Å²) >= 11 is 0. The van der Waals surface area contributed by atoms with Gasteiger partial charge in [-0.15, -0.1) is 0 Å². The molecule has 0 bridgehead atoms. The van der Waals surface area contributed by atoms with Gasteiger partial charge in [0.15, 0.2) is 0 Å². The molecule has 2 aromatic rings. The molecule has 1 heterocycles. The van der Waals surface area contributed by atoms with Crippen LogP contribution in [0.1, 0.15) is 12.5 Å². The molecule has 0 radical (unpaired) electrons. The van der Waals surface area contributed by atoms with Gasteiger partial charge in [-0.25, -0.2) is 4.98 Å². The van der Waals surface area contributed by atoms with E-state index in [4.69, 9.17) is 9.47 Å². The largest absolute Gasteiger partial charge is 0.497 e. The second kappa shape index (κ2) is 6.64. The summed E-state index contributed by atoms with van der Waals surface area (Å²) in [6, 6.07) is 11.5. The van der Waals surface area contributed by atoms with E-state index in [-0.39, 0.29) is 0 Å². The topological polar surface area (TPSA) is 43.4 Å². The third-order valence-electron chi connectivity index (χ3n) is 2.63. The van der Waals surface area contributed by atoms with Crippen LogP contribution in [0.5, 0.6) is 11.5 Å². The van der Waals surface area contributed by atoms with Crippen molar-refractivity contribution in [2.45, 2.75) is 13.5 Å². The zero-order valence-corrected chi connectivity index (χ0v) is 11.2. The first-order valence-electron chi connectivity index (χ1n) is 6.27. The first kappa shape index (κ1) is 13.2. The Morgan fingerprint density at radius 2 is 2.00 bits per heavy atom. The van der Waals surface area contributed by atoms with Crippen LogP contribution in [0.2, 0.25) is 0 Å².